The van der Waals surface area contributed by atoms with Crippen LogP contribution < -0.4 is 10.2 Å². The van der Waals surface area contributed by atoms with Crippen molar-refractivity contribution in [2.24, 2.45) is 0 Å². The van der Waals surface area contributed by atoms with Gasteiger partial charge in [-0.2, -0.15) is 0 Å². The number of carbonyl (C=O) groups is 2. The highest BCUT2D eigenvalue weighted by Gasteiger charge is 2.43. The molecule has 0 radical (unpaired) electrons. The molecule has 0 spiro atoms. The monoisotopic (exact) mass is 517 g/mol. The number of carbonyl (C=O) groups excluding carboxylic acids is 2. The number of likely N-dealkylation sites (tertiary alicyclic amines) is 1. The maximum Gasteiger partial charge on any atom is 0.410 e. The second-order valence-electron chi connectivity index (χ2n) is 10.4. The van der Waals surface area contributed by atoms with E-state index in [0.29, 0.717) is 36.0 Å². The van der Waals surface area contributed by atoms with Gasteiger partial charge in [0.15, 0.2) is 0 Å². The van der Waals surface area contributed by atoms with Crippen LogP contribution in [0.25, 0.3) is 0 Å². The first kappa shape index (κ1) is 25.6. The Hall–Kier alpha value is -2.44. The van der Waals surface area contributed by atoms with E-state index in [1.54, 1.807) is 11.0 Å². The third-order valence-corrected chi connectivity index (χ3v) is 7.72. The Kier molecular flexibility index (Phi) is 7.26. The van der Waals surface area contributed by atoms with Crippen LogP contribution in [0.2, 0.25) is 10.0 Å². The minimum Gasteiger partial charge on any atom is -0.444 e. The number of rotatable bonds is 3. The Balaban J connectivity index is 1.59. The standard InChI is InChI=1S/C27H33Cl2N3O3/c1-16-7-6-8-20(17(16)2)30-23(33)15-32-21-12-14-31(26(34)35-27(3,4)5)13-11-18(21)24-22(32)10-9-19(28)25(24)29/h6-10,18,21H,11-15H2,1-5H3,(H,30,33)/t18-,21+/m1/s1. The van der Waals surface area contributed by atoms with Gasteiger partial charge in [-0.3, -0.25) is 4.79 Å². The van der Waals surface area contributed by atoms with Crippen LogP contribution in [0.5, 0.6) is 0 Å². The Morgan fingerprint density at radius 3 is 2.51 bits per heavy atom. The molecule has 0 saturated carbocycles. The number of ether oxygens (including phenoxy) is 1. The highest BCUT2D eigenvalue weighted by atomic mass is 35.5. The van der Waals surface area contributed by atoms with Crippen molar-refractivity contribution in [2.45, 2.75) is 65.0 Å². The normalized spacial score (nSPS) is 19.6. The van der Waals surface area contributed by atoms with E-state index in [9.17, 15) is 9.59 Å². The minimum atomic E-state index is -0.555. The van der Waals surface area contributed by atoms with Crippen LogP contribution in [0, 0.1) is 13.8 Å². The first-order valence-corrected chi connectivity index (χ1v) is 12.8. The largest absolute Gasteiger partial charge is 0.444 e. The summed E-state index contributed by atoms with van der Waals surface area (Å²) in [6, 6.07) is 9.66. The minimum absolute atomic E-state index is 0.0257. The molecule has 188 valence electrons. The number of anilines is 2. The van der Waals surface area contributed by atoms with E-state index in [-0.39, 0.29) is 30.5 Å². The molecule has 6 nitrogen and oxygen atoms in total. The first-order chi connectivity index (χ1) is 16.5. The number of hydrogen-bond donors (Lipinski definition) is 1. The second-order valence-corrected chi connectivity index (χ2v) is 11.2. The van der Waals surface area contributed by atoms with Gasteiger partial charge in [0, 0.05) is 42.0 Å². The Bertz CT molecular complexity index is 1150. The molecule has 1 fully saturated rings. The average Bonchev–Trinajstić information content (AvgIpc) is 2.91. The Labute approximate surface area is 217 Å². The van der Waals surface area contributed by atoms with Gasteiger partial charge in [0.1, 0.15) is 5.60 Å². The van der Waals surface area contributed by atoms with Gasteiger partial charge in [0.25, 0.3) is 0 Å². The number of nitrogens with zero attached hydrogens (tertiary/aromatic N) is 2. The molecule has 8 heteroatoms. The van der Waals surface area contributed by atoms with E-state index in [0.717, 1.165) is 28.1 Å². The molecule has 2 atom stereocenters. The number of halogens is 2. The SMILES string of the molecule is Cc1cccc(NC(=O)CN2c3ccc(Cl)c(Cl)c3[C@@H]3CCN(C(=O)OC(C)(C)C)CC[C@@H]32)c1C. The summed E-state index contributed by atoms with van der Waals surface area (Å²) >= 11 is 13.1. The number of aryl methyl sites for hydroxylation is 1. The van der Waals surface area contributed by atoms with Crippen molar-refractivity contribution in [2.75, 3.05) is 29.9 Å². The third kappa shape index (κ3) is 5.39. The van der Waals surface area contributed by atoms with Crippen molar-refractivity contribution < 1.29 is 14.3 Å². The highest BCUT2D eigenvalue weighted by molar-refractivity contribution is 6.43. The summed E-state index contributed by atoms with van der Waals surface area (Å²) in [6.45, 7) is 10.9. The molecule has 0 bridgehead atoms. The van der Waals surface area contributed by atoms with E-state index in [1.807, 2.05) is 58.9 Å². The molecule has 2 aromatic carbocycles. The molecule has 2 amide bonds. The number of amides is 2. The molecule has 4 rings (SSSR count). The van der Waals surface area contributed by atoms with Crippen LogP contribution in [0.15, 0.2) is 30.3 Å². The molecule has 0 aromatic heterocycles. The topological polar surface area (TPSA) is 61.9 Å². The molecule has 0 aliphatic carbocycles. The maximum atomic E-state index is 13.2. The molecule has 1 saturated heterocycles. The fourth-order valence-electron chi connectivity index (χ4n) is 5.08. The number of nitrogens with one attached hydrogen (secondary N) is 1. The Morgan fingerprint density at radius 2 is 1.80 bits per heavy atom. The lowest BCUT2D eigenvalue weighted by atomic mass is 9.91. The number of hydrogen-bond acceptors (Lipinski definition) is 4. The smallest absolute Gasteiger partial charge is 0.410 e. The van der Waals surface area contributed by atoms with Crippen LogP contribution in [-0.4, -0.2) is 48.2 Å². The molecule has 2 heterocycles. The summed E-state index contributed by atoms with van der Waals surface area (Å²) in [4.78, 5) is 29.8. The lowest BCUT2D eigenvalue weighted by Crippen LogP contribution is -2.41. The summed E-state index contributed by atoms with van der Waals surface area (Å²) in [5.41, 5.74) is 4.35. The molecule has 0 unspecified atom stereocenters. The molecule has 2 aliphatic heterocycles. The summed E-state index contributed by atoms with van der Waals surface area (Å²) in [7, 11) is 0. The number of benzene rings is 2. The van der Waals surface area contributed by atoms with Crippen molar-refractivity contribution in [1.29, 1.82) is 0 Å². The van der Waals surface area contributed by atoms with Gasteiger partial charge in [-0.15, -0.1) is 0 Å². The molecular formula is C27H33Cl2N3O3. The van der Waals surface area contributed by atoms with Crippen LogP contribution in [0.4, 0.5) is 16.2 Å². The quantitative estimate of drug-likeness (QED) is 0.501. The van der Waals surface area contributed by atoms with Crippen molar-refractivity contribution in [1.82, 2.24) is 4.90 Å². The van der Waals surface area contributed by atoms with Crippen LogP contribution >= 0.6 is 23.2 Å². The lowest BCUT2D eigenvalue weighted by Gasteiger charge is -2.29. The van der Waals surface area contributed by atoms with E-state index >= 15 is 0 Å². The van der Waals surface area contributed by atoms with Gasteiger partial charge in [-0.25, -0.2) is 4.79 Å². The lowest BCUT2D eigenvalue weighted by molar-refractivity contribution is -0.115. The predicted molar refractivity (Wildman–Crippen MR) is 142 cm³/mol. The van der Waals surface area contributed by atoms with Gasteiger partial charge in [-0.1, -0.05) is 35.3 Å². The van der Waals surface area contributed by atoms with Crippen molar-refractivity contribution in [3.8, 4) is 0 Å². The van der Waals surface area contributed by atoms with Crippen molar-refractivity contribution in [3.05, 3.63) is 57.1 Å². The van der Waals surface area contributed by atoms with Gasteiger partial charge in [-0.05, 0) is 76.8 Å². The summed E-state index contributed by atoms with van der Waals surface area (Å²) in [5, 5.41) is 4.10. The first-order valence-electron chi connectivity index (χ1n) is 12.0. The van der Waals surface area contributed by atoms with E-state index < -0.39 is 5.60 Å². The molecule has 35 heavy (non-hydrogen) atoms. The average molecular weight is 518 g/mol. The van der Waals surface area contributed by atoms with Crippen LogP contribution in [0.3, 0.4) is 0 Å². The van der Waals surface area contributed by atoms with E-state index in [2.05, 4.69) is 10.2 Å². The summed E-state index contributed by atoms with van der Waals surface area (Å²) in [6.07, 6.45) is 1.10. The van der Waals surface area contributed by atoms with Crippen LogP contribution in [-0.2, 0) is 9.53 Å². The van der Waals surface area contributed by atoms with Gasteiger partial charge >= 0.3 is 6.09 Å². The second kappa shape index (κ2) is 9.90. The molecule has 1 N–H and O–H groups in total. The number of fused-ring (bicyclic) bond motifs is 3. The fraction of sp³-hybridized carbons (Fsp3) is 0.481. The van der Waals surface area contributed by atoms with Crippen molar-refractivity contribution in [3.63, 3.8) is 0 Å². The maximum absolute atomic E-state index is 13.2. The molecule has 2 aliphatic rings. The van der Waals surface area contributed by atoms with Gasteiger partial charge in [0.05, 0.1) is 16.6 Å². The molecule has 2 aromatic rings. The van der Waals surface area contributed by atoms with Gasteiger partial charge in [0.2, 0.25) is 5.91 Å². The summed E-state index contributed by atoms with van der Waals surface area (Å²) in [5.74, 6) is -0.0261. The van der Waals surface area contributed by atoms with E-state index in [4.69, 9.17) is 27.9 Å². The molecular weight excluding hydrogens is 485 g/mol. The predicted octanol–water partition coefficient (Wildman–Crippen LogP) is 6.55. The highest BCUT2D eigenvalue weighted by Crippen LogP contribution is 2.50. The van der Waals surface area contributed by atoms with Crippen molar-refractivity contribution >= 4 is 46.6 Å². The van der Waals surface area contributed by atoms with Crippen LogP contribution in [0.1, 0.15) is 56.2 Å². The zero-order valence-electron chi connectivity index (χ0n) is 21.0. The van der Waals surface area contributed by atoms with E-state index in [1.165, 1.54) is 0 Å². The fourth-order valence-corrected chi connectivity index (χ4v) is 5.54. The van der Waals surface area contributed by atoms with Gasteiger partial charge < -0.3 is 19.9 Å². The Morgan fingerprint density at radius 1 is 1.09 bits per heavy atom. The zero-order chi connectivity index (χ0) is 25.5. The summed E-state index contributed by atoms with van der Waals surface area (Å²) < 4.78 is 5.61. The third-order valence-electron chi connectivity index (χ3n) is 6.90. The zero-order valence-corrected chi connectivity index (χ0v) is 22.5.